The largest absolute Gasteiger partial charge is 0.390 e. The van der Waals surface area contributed by atoms with E-state index in [0.717, 1.165) is 43.4 Å². The second kappa shape index (κ2) is 10.9. The minimum Gasteiger partial charge on any atom is -0.390 e. The van der Waals surface area contributed by atoms with Crippen molar-refractivity contribution in [3.63, 3.8) is 0 Å². The van der Waals surface area contributed by atoms with Gasteiger partial charge in [0.25, 0.3) is 5.91 Å². The van der Waals surface area contributed by atoms with Crippen molar-refractivity contribution in [3.8, 4) is 0 Å². The Hall–Kier alpha value is -2.45. The highest BCUT2D eigenvalue weighted by atomic mass is 19.3. The summed E-state index contributed by atoms with van der Waals surface area (Å²) < 4.78 is 52.7. The Morgan fingerprint density at radius 3 is 2.50 bits per heavy atom. The molecule has 0 bridgehead atoms. The van der Waals surface area contributed by atoms with Gasteiger partial charge in [0.15, 0.2) is 0 Å². The first-order chi connectivity index (χ1) is 15.3. The molecular weight excluding hydrogens is 424 g/mol. The van der Waals surface area contributed by atoms with Gasteiger partial charge < -0.3 is 15.7 Å². The number of aliphatic hydroxyl groups excluding tert-OH is 1. The number of halogens is 4. The van der Waals surface area contributed by atoms with Crippen LogP contribution in [-0.4, -0.2) is 36.1 Å². The minimum absolute atomic E-state index is 0.0158. The van der Waals surface area contributed by atoms with Gasteiger partial charge in [-0.2, -0.15) is 8.78 Å². The molecule has 1 amide bonds. The van der Waals surface area contributed by atoms with Crippen LogP contribution in [-0.2, 0) is 24.1 Å². The number of aryl methyl sites for hydroxylation is 2. The fraction of sp³-hybridized carbons (Fsp3) is 0.458. The normalized spacial score (nSPS) is 17.7. The van der Waals surface area contributed by atoms with Crippen molar-refractivity contribution in [3.05, 3.63) is 70.3 Å². The minimum atomic E-state index is -3.26. The summed E-state index contributed by atoms with van der Waals surface area (Å²) in [4.78, 5) is 11.6. The molecule has 0 saturated heterocycles. The van der Waals surface area contributed by atoms with Crippen LogP contribution in [0.2, 0.25) is 0 Å². The lowest BCUT2D eigenvalue weighted by atomic mass is 9.86. The van der Waals surface area contributed by atoms with E-state index in [1.165, 1.54) is 11.1 Å². The first kappa shape index (κ1) is 24.2. The predicted octanol–water partition coefficient (Wildman–Crippen LogP) is 3.85. The molecule has 0 aromatic heterocycles. The Labute approximate surface area is 185 Å². The fourth-order valence-electron chi connectivity index (χ4n) is 4.20. The second-order valence-electron chi connectivity index (χ2n) is 8.20. The molecule has 0 radical (unpaired) electrons. The Morgan fingerprint density at radius 1 is 1.12 bits per heavy atom. The van der Waals surface area contributed by atoms with Crippen LogP contribution in [0.5, 0.6) is 0 Å². The Morgan fingerprint density at radius 2 is 1.84 bits per heavy atom. The molecule has 1 unspecified atom stereocenters. The first-order valence-electron chi connectivity index (χ1n) is 10.8. The molecule has 8 heteroatoms. The van der Waals surface area contributed by atoms with Crippen molar-refractivity contribution in [2.45, 2.75) is 63.6 Å². The van der Waals surface area contributed by atoms with E-state index in [2.05, 4.69) is 35.8 Å². The summed E-state index contributed by atoms with van der Waals surface area (Å²) in [5, 5.41) is 16.1. The first-order valence-corrected chi connectivity index (χ1v) is 10.8. The van der Waals surface area contributed by atoms with E-state index in [4.69, 9.17) is 0 Å². The maximum absolute atomic E-state index is 13.5. The van der Waals surface area contributed by atoms with Gasteiger partial charge in [0, 0.05) is 18.7 Å². The van der Waals surface area contributed by atoms with Crippen molar-refractivity contribution < 1.29 is 27.5 Å². The number of carbonyl (C=O) groups excluding carboxylic acids is 1. The highest BCUT2D eigenvalue weighted by Gasteiger charge is 2.28. The zero-order valence-corrected chi connectivity index (χ0v) is 17.9. The molecule has 32 heavy (non-hydrogen) atoms. The van der Waals surface area contributed by atoms with Gasteiger partial charge in [-0.3, -0.25) is 4.79 Å². The van der Waals surface area contributed by atoms with Gasteiger partial charge in [0.2, 0.25) is 0 Å². The molecule has 174 valence electrons. The summed E-state index contributed by atoms with van der Waals surface area (Å²) in [6, 6.07) is 7.99. The van der Waals surface area contributed by atoms with E-state index in [9.17, 15) is 27.5 Å². The summed E-state index contributed by atoms with van der Waals surface area (Å²) in [6.07, 6.45) is -1.01. The van der Waals surface area contributed by atoms with Crippen LogP contribution in [0.4, 0.5) is 17.6 Å². The topological polar surface area (TPSA) is 61.4 Å². The van der Waals surface area contributed by atoms with E-state index in [1.54, 1.807) is 0 Å². The molecule has 0 aliphatic heterocycles. The third-order valence-electron chi connectivity index (χ3n) is 5.87. The van der Waals surface area contributed by atoms with Gasteiger partial charge in [0.05, 0.1) is 12.1 Å². The summed E-state index contributed by atoms with van der Waals surface area (Å²) in [5.74, 6) is -3.18. The zero-order chi connectivity index (χ0) is 23.3. The van der Waals surface area contributed by atoms with Gasteiger partial charge in [0.1, 0.15) is 11.6 Å². The number of hydrogen-bond acceptors (Lipinski definition) is 3. The smallest absolute Gasteiger partial charge is 0.315 e. The van der Waals surface area contributed by atoms with Gasteiger partial charge in [-0.05, 0) is 66.5 Å². The number of hydrogen-bond donors (Lipinski definition) is 3. The summed E-state index contributed by atoms with van der Waals surface area (Å²) in [6.45, 7) is 2.09. The van der Waals surface area contributed by atoms with E-state index < -0.39 is 36.1 Å². The molecule has 2 aromatic rings. The molecule has 3 atom stereocenters. The maximum Gasteiger partial charge on any atom is 0.315 e. The number of alkyl halides is 2. The number of benzene rings is 2. The summed E-state index contributed by atoms with van der Waals surface area (Å²) in [7, 11) is 0. The van der Waals surface area contributed by atoms with E-state index >= 15 is 0 Å². The van der Waals surface area contributed by atoms with E-state index in [-0.39, 0.29) is 24.6 Å². The van der Waals surface area contributed by atoms with Gasteiger partial charge >= 0.3 is 6.43 Å². The van der Waals surface area contributed by atoms with Crippen LogP contribution >= 0.6 is 0 Å². The van der Waals surface area contributed by atoms with E-state index in [0.29, 0.717) is 6.07 Å². The number of aliphatic hydroxyl groups is 1. The van der Waals surface area contributed by atoms with Crippen molar-refractivity contribution in [2.24, 2.45) is 0 Å². The van der Waals surface area contributed by atoms with Crippen molar-refractivity contribution >= 4 is 5.91 Å². The summed E-state index contributed by atoms with van der Waals surface area (Å²) >= 11 is 0. The lowest BCUT2D eigenvalue weighted by Crippen LogP contribution is -2.50. The molecule has 0 spiro atoms. The average molecular weight is 452 g/mol. The number of amides is 1. The predicted molar refractivity (Wildman–Crippen MR) is 114 cm³/mol. The quantitative estimate of drug-likeness (QED) is 0.507. The molecule has 0 fully saturated rings. The molecule has 2 aromatic carbocycles. The van der Waals surface area contributed by atoms with Crippen LogP contribution in [0.25, 0.3) is 0 Å². The Kier molecular flexibility index (Phi) is 8.26. The van der Waals surface area contributed by atoms with E-state index in [1.807, 2.05) is 0 Å². The van der Waals surface area contributed by atoms with Gasteiger partial charge in [-0.1, -0.05) is 25.1 Å². The second-order valence-corrected chi connectivity index (χ2v) is 8.20. The average Bonchev–Trinajstić information content (AvgIpc) is 2.75. The standard InChI is InChI=1S/C24H28F4N2O2/c1-2-14-6-7-16-4-3-5-20(19(16)10-14)29-13-22(31)21(30-24(32)23(27)28)11-15-8-17(25)12-18(26)9-15/h6-10,12,20-23,29,31H,2-5,11,13H2,1H3,(H,30,32)/t20?,21-,22+/m0/s1. The Bertz CT molecular complexity index is 918. The van der Waals surface area contributed by atoms with Gasteiger partial charge in [-0.25, -0.2) is 8.78 Å². The lowest BCUT2D eigenvalue weighted by Gasteiger charge is -2.30. The molecular formula is C24H28F4N2O2. The van der Waals surface area contributed by atoms with Crippen LogP contribution < -0.4 is 10.6 Å². The monoisotopic (exact) mass is 452 g/mol. The molecule has 0 heterocycles. The van der Waals surface area contributed by atoms with Crippen molar-refractivity contribution in [2.75, 3.05) is 6.54 Å². The van der Waals surface area contributed by atoms with Crippen molar-refractivity contribution in [1.29, 1.82) is 0 Å². The van der Waals surface area contributed by atoms with Crippen LogP contribution in [0.1, 0.15) is 48.1 Å². The fourth-order valence-corrected chi connectivity index (χ4v) is 4.20. The third kappa shape index (κ3) is 6.29. The maximum atomic E-state index is 13.5. The highest BCUT2D eigenvalue weighted by Crippen LogP contribution is 2.30. The SMILES string of the molecule is CCc1ccc2c(c1)C(NC[C@@H](O)[C@H](Cc1cc(F)cc(F)c1)NC(=O)C(F)F)CCC2. The third-order valence-corrected chi connectivity index (χ3v) is 5.87. The molecule has 0 saturated carbocycles. The van der Waals surface area contributed by atoms with Gasteiger partial charge in [-0.15, -0.1) is 0 Å². The molecule has 3 rings (SSSR count). The summed E-state index contributed by atoms with van der Waals surface area (Å²) in [5.41, 5.74) is 3.74. The zero-order valence-electron chi connectivity index (χ0n) is 17.9. The lowest BCUT2D eigenvalue weighted by molar-refractivity contribution is -0.133. The number of fused-ring (bicyclic) bond motifs is 1. The number of nitrogens with one attached hydrogen (secondary N) is 2. The number of carbonyl (C=O) groups is 1. The molecule has 1 aliphatic carbocycles. The van der Waals surface area contributed by atoms with Crippen LogP contribution in [0, 0.1) is 11.6 Å². The Balaban J connectivity index is 1.72. The van der Waals surface area contributed by atoms with Crippen LogP contribution in [0.3, 0.4) is 0 Å². The molecule has 4 nitrogen and oxygen atoms in total. The van der Waals surface area contributed by atoms with Crippen molar-refractivity contribution in [1.82, 2.24) is 10.6 Å². The highest BCUT2D eigenvalue weighted by molar-refractivity contribution is 5.79. The molecule has 1 aliphatic rings. The molecule has 3 N–H and O–H groups in total. The van der Waals surface area contributed by atoms with Crippen LogP contribution in [0.15, 0.2) is 36.4 Å². The number of rotatable bonds is 9.